The van der Waals surface area contributed by atoms with Crippen molar-refractivity contribution in [2.45, 2.75) is 0 Å². The summed E-state index contributed by atoms with van der Waals surface area (Å²) < 4.78 is 14.3. The Kier molecular flexibility index (Phi) is 4.11. The minimum Gasteiger partial charge on any atom is -0.496 e. The number of fused-ring (bicyclic) bond motifs is 1. The third kappa shape index (κ3) is 2.92. The van der Waals surface area contributed by atoms with Gasteiger partial charge >= 0.3 is 0 Å². The van der Waals surface area contributed by atoms with E-state index in [1.807, 2.05) is 38.4 Å². The van der Waals surface area contributed by atoms with Gasteiger partial charge in [0.05, 0.1) is 25.8 Å². The van der Waals surface area contributed by atoms with Crippen molar-refractivity contribution >= 4 is 22.7 Å². The van der Waals surface area contributed by atoms with Crippen molar-refractivity contribution in [3.05, 3.63) is 36.7 Å². The zero-order chi connectivity index (χ0) is 19.0. The highest BCUT2D eigenvalue weighted by Crippen LogP contribution is 2.31. The topological polar surface area (TPSA) is 91.9 Å². The fourth-order valence-corrected chi connectivity index (χ4v) is 2.90. The SMILES string of the molecule is COc1cccnc1-c1cc(Nc2cc(OC)c3cnn(C)c3n2)n(C)n1. The number of ether oxygens (including phenoxy) is 2. The normalized spacial score (nSPS) is 11.0. The minimum absolute atomic E-state index is 0.630. The summed E-state index contributed by atoms with van der Waals surface area (Å²) in [6, 6.07) is 7.40. The summed E-state index contributed by atoms with van der Waals surface area (Å²) in [5.41, 5.74) is 2.10. The third-order valence-corrected chi connectivity index (χ3v) is 4.26. The first-order valence-corrected chi connectivity index (χ1v) is 8.28. The van der Waals surface area contributed by atoms with Crippen molar-refractivity contribution in [2.24, 2.45) is 14.1 Å². The number of rotatable bonds is 5. The molecule has 0 amide bonds. The first-order valence-electron chi connectivity index (χ1n) is 8.28. The van der Waals surface area contributed by atoms with Gasteiger partial charge in [-0.2, -0.15) is 10.2 Å². The van der Waals surface area contributed by atoms with E-state index in [-0.39, 0.29) is 0 Å². The second kappa shape index (κ2) is 6.60. The second-order valence-electron chi connectivity index (χ2n) is 5.93. The second-order valence-corrected chi connectivity index (χ2v) is 5.93. The van der Waals surface area contributed by atoms with Gasteiger partial charge < -0.3 is 14.8 Å². The molecule has 0 aliphatic carbocycles. The molecule has 0 bridgehead atoms. The number of nitrogens with zero attached hydrogens (tertiary/aromatic N) is 6. The van der Waals surface area contributed by atoms with Gasteiger partial charge in [0.2, 0.25) is 0 Å². The van der Waals surface area contributed by atoms with Gasteiger partial charge in [-0.15, -0.1) is 0 Å². The molecule has 0 radical (unpaired) electrons. The van der Waals surface area contributed by atoms with E-state index in [0.717, 1.165) is 16.9 Å². The molecule has 0 fully saturated rings. The fourth-order valence-electron chi connectivity index (χ4n) is 2.90. The van der Waals surface area contributed by atoms with Crippen LogP contribution in [0.3, 0.4) is 0 Å². The molecule has 138 valence electrons. The summed E-state index contributed by atoms with van der Waals surface area (Å²) >= 11 is 0. The summed E-state index contributed by atoms with van der Waals surface area (Å²) in [7, 11) is 6.93. The van der Waals surface area contributed by atoms with E-state index in [4.69, 9.17) is 9.47 Å². The Hall–Kier alpha value is -3.62. The van der Waals surface area contributed by atoms with Crippen LogP contribution in [0.2, 0.25) is 0 Å². The smallest absolute Gasteiger partial charge is 0.163 e. The Labute approximate surface area is 155 Å². The maximum atomic E-state index is 5.47. The summed E-state index contributed by atoms with van der Waals surface area (Å²) in [6.45, 7) is 0. The first-order chi connectivity index (χ1) is 13.1. The van der Waals surface area contributed by atoms with Crippen LogP contribution in [0.1, 0.15) is 0 Å². The van der Waals surface area contributed by atoms with E-state index in [0.29, 0.717) is 28.7 Å². The molecular formula is C18H19N7O2. The third-order valence-electron chi connectivity index (χ3n) is 4.26. The van der Waals surface area contributed by atoms with Gasteiger partial charge in [-0.1, -0.05) is 0 Å². The van der Waals surface area contributed by atoms with E-state index in [1.165, 1.54) is 0 Å². The standard InChI is InChI=1S/C18H19N7O2/c1-24-16(8-12(23-24)17-13(26-3)6-5-7-19-17)21-15-9-14(27-4)11-10-20-25(2)18(11)22-15/h5-10H,1-4H3,(H,21,22). The quantitative estimate of drug-likeness (QED) is 0.581. The number of hydrogen-bond donors (Lipinski definition) is 1. The molecule has 1 N–H and O–H groups in total. The number of nitrogens with one attached hydrogen (secondary N) is 1. The molecule has 0 aromatic carbocycles. The Morgan fingerprint density at radius 1 is 1.04 bits per heavy atom. The molecule has 0 atom stereocenters. The van der Waals surface area contributed by atoms with Crippen molar-refractivity contribution < 1.29 is 9.47 Å². The van der Waals surface area contributed by atoms with Crippen molar-refractivity contribution in [1.82, 2.24) is 29.5 Å². The Balaban J connectivity index is 1.72. The zero-order valence-electron chi connectivity index (χ0n) is 15.5. The summed E-state index contributed by atoms with van der Waals surface area (Å²) in [4.78, 5) is 9.00. The molecule has 0 saturated carbocycles. The van der Waals surface area contributed by atoms with Crippen LogP contribution in [0.4, 0.5) is 11.6 Å². The molecule has 4 rings (SSSR count). The molecule has 0 aliphatic rings. The zero-order valence-corrected chi connectivity index (χ0v) is 15.5. The van der Waals surface area contributed by atoms with Gasteiger partial charge in [-0.25, -0.2) is 4.98 Å². The van der Waals surface area contributed by atoms with Crippen molar-refractivity contribution in [2.75, 3.05) is 19.5 Å². The van der Waals surface area contributed by atoms with Gasteiger partial charge in [-0.05, 0) is 12.1 Å². The highest BCUT2D eigenvalue weighted by molar-refractivity contribution is 5.84. The van der Waals surface area contributed by atoms with Crippen LogP contribution < -0.4 is 14.8 Å². The molecule has 0 saturated heterocycles. The number of aryl methyl sites for hydroxylation is 2. The van der Waals surface area contributed by atoms with E-state index in [1.54, 1.807) is 36.0 Å². The largest absolute Gasteiger partial charge is 0.496 e. The van der Waals surface area contributed by atoms with Gasteiger partial charge in [-0.3, -0.25) is 14.3 Å². The first kappa shape index (κ1) is 16.8. The van der Waals surface area contributed by atoms with Crippen molar-refractivity contribution in [1.29, 1.82) is 0 Å². The number of methoxy groups -OCH3 is 2. The summed E-state index contributed by atoms with van der Waals surface area (Å²) in [5, 5.41) is 12.9. The lowest BCUT2D eigenvalue weighted by molar-refractivity contribution is 0.414. The molecule has 9 heteroatoms. The average molecular weight is 365 g/mol. The lowest BCUT2D eigenvalue weighted by atomic mass is 10.2. The number of anilines is 2. The number of aromatic nitrogens is 6. The molecule has 4 aromatic rings. The number of pyridine rings is 2. The van der Waals surface area contributed by atoms with Crippen LogP contribution in [0.25, 0.3) is 22.4 Å². The van der Waals surface area contributed by atoms with Crippen LogP contribution in [0, 0.1) is 0 Å². The Bertz CT molecular complexity index is 1120. The Morgan fingerprint density at radius 2 is 1.85 bits per heavy atom. The van der Waals surface area contributed by atoms with Gasteiger partial charge in [0.25, 0.3) is 0 Å². The number of hydrogen-bond acceptors (Lipinski definition) is 7. The van der Waals surface area contributed by atoms with E-state index in [2.05, 4.69) is 25.5 Å². The lowest BCUT2D eigenvalue weighted by Gasteiger charge is -2.08. The van der Waals surface area contributed by atoms with Crippen LogP contribution in [-0.2, 0) is 14.1 Å². The minimum atomic E-state index is 0.630. The molecule has 9 nitrogen and oxygen atoms in total. The molecule has 4 aromatic heterocycles. The molecule has 4 heterocycles. The van der Waals surface area contributed by atoms with E-state index in [9.17, 15) is 0 Å². The van der Waals surface area contributed by atoms with Gasteiger partial charge in [0.15, 0.2) is 5.65 Å². The highest BCUT2D eigenvalue weighted by atomic mass is 16.5. The van der Waals surface area contributed by atoms with Crippen LogP contribution in [0.15, 0.2) is 36.7 Å². The average Bonchev–Trinajstić information content (AvgIpc) is 3.24. The maximum Gasteiger partial charge on any atom is 0.163 e. The van der Waals surface area contributed by atoms with Crippen molar-refractivity contribution in [3.8, 4) is 22.9 Å². The summed E-state index contributed by atoms with van der Waals surface area (Å²) in [6.07, 6.45) is 3.45. The maximum absolute atomic E-state index is 5.47. The molecule has 0 spiro atoms. The van der Waals surface area contributed by atoms with Crippen LogP contribution in [0.5, 0.6) is 11.5 Å². The van der Waals surface area contributed by atoms with E-state index >= 15 is 0 Å². The van der Waals surface area contributed by atoms with Crippen LogP contribution in [-0.4, -0.2) is 43.7 Å². The van der Waals surface area contributed by atoms with Gasteiger partial charge in [0.1, 0.15) is 34.5 Å². The predicted octanol–water partition coefficient (Wildman–Crippen LogP) is 2.52. The molecule has 27 heavy (non-hydrogen) atoms. The lowest BCUT2D eigenvalue weighted by Crippen LogP contribution is -2.02. The molecule has 0 aliphatic heterocycles. The highest BCUT2D eigenvalue weighted by Gasteiger charge is 2.15. The Morgan fingerprint density at radius 3 is 2.63 bits per heavy atom. The van der Waals surface area contributed by atoms with Crippen LogP contribution >= 0.6 is 0 Å². The monoisotopic (exact) mass is 365 g/mol. The van der Waals surface area contributed by atoms with E-state index < -0.39 is 0 Å². The van der Waals surface area contributed by atoms with Gasteiger partial charge in [0, 0.05) is 32.4 Å². The summed E-state index contributed by atoms with van der Waals surface area (Å²) in [5.74, 6) is 2.75. The molecular weight excluding hydrogens is 346 g/mol. The fraction of sp³-hybridized carbons (Fsp3) is 0.222. The predicted molar refractivity (Wildman–Crippen MR) is 101 cm³/mol. The molecule has 0 unspecified atom stereocenters. The van der Waals surface area contributed by atoms with Crippen molar-refractivity contribution in [3.63, 3.8) is 0 Å².